The summed E-state index contributed by atoms with van der Waals surface area (Å²) < 4.78 is 20.7. The molecule has 23 heavy (non-hydrogen) atoms. The maximum Gasteiger partial charge on any atom is 0.338 e. The largest absolute Gasteiger partial charge is 0.454 e. The zero-order valence-electron chi connectivity index (χ0n) is 11.7. The van der Waals surface area contributed by atoms with Gasteiger partial charge in [-0.25, -0.2) is 4.79 Å². The highest BCUT2D eigenvalue weighted by molar-refractivity contribution is 7.13. The molecule has 1 aromatic carbocycles. The van der Waals surface area contributed by atoms with Crippen LogP contribution in [0.25, 0.3) is 10.7 Å². The number of nitrogens with zero attached hydrogens (tertiary/aromatic N) is 2. The van der Waals surface area contributed by atoms with E-state index in [1.165, 1.54) is 11.3 Å². The van der Waals surface area contributed by atoms with E-state index in [9.17, 15) is 4.79 Å². The maximum absolute atomic E-state index is 12.0. The summed E-state index contributed by atoms with van der Waals surface area (Å²) in [6, 6.07) is 8.64. The summed E-state index contributed by atoms with van der Waals surface area (Å²) in [4.78, 5) is 17.1. The Balaban J connectivity index is 1.42. The van der Waals surface area contributed by atoms with E-state index < -0.39 is 5.97 Å². The molecule has 116 valence electrons. The minimum atomic E-state index is -0.501. The van der Waals surface area contributed by atoms with Gasteiger partial charge in [-0.05, 0) is 29.6 Å². The van der Waals surface area contributed by atoms with Crippen LogP contribution in [0.5, 0.6) is 11.5 Å². The molecule has 0 unspecified atom stereocenters. The lowest BCUT2D eigenvalue weighted by Gasteiger charge is -2.03. The van der Waals surface area contributed by atoms with E-state index in [0.29, 0.717) is 22.9 Å². The average Bonchev–Trinajstić information content (AvgIpc) is 3.32. The maximum atomic E-state index is 12.0. The van der Waals surface area contributed by atoms with Crippen LogP contribution in [-0.4, -0.2) is 22.9 Å². The van der Waals surface area contributed by atoms with Gasteiger partial charge in [-0.3, -0.25) is 0 Å². The first kappa shape index (κ1) is 13.8. The molecule has 0 N–H and O–H groups in total. The topological polar surface area (TPSA) is 83.7 Å². The van der Waals surface area contributed by atoms with Gasteiger partial charge in [0.1, 0.15) is 0 Å². The normalized spacial score (nSPS) is 12.3. The van der Waals surface area contributed by atoms with Crippen LogP contribution in [0, 0.1) is 0 Å². The number of hydrogen-bond acceptors (Lipinski definition) is 8. The van der Waals surface area contributed by atoms with Gasteiger partial charge in [-0.2, -0.15) is 4.98 Å². The van der Waals surface area contributed by atoms with Crippen LogP contribution in [0.4, 0.5) is 0 Å². The van der Waals surface area contributed by atoms with Gasteiger partial charge in [0.25, 0.3) is 5.89 Å². The molecule has 1 aliphatic heterocycles. The fraction of sp³-hybridized carbons (Fsp3) is 0.133. The number of hydrogen-bond donors (Lipinski definition) is 0. The molecule has 1 aliphatic rings. The number of fused-ring (bicyclic) bond motifs is 1. The van der Waals surface area contributed by atoms with E-state index in [1.54, 1.807) is 18.2 Å². The van der Waals surface area contributed by atoms with Crippen molar-refractivity contribution in [1.29, 1.82) is 0 Å². The second-order valence-corrected chi connectivity index (χ2v) is 5.58. The summed E-state index contributed by atoms with van der Waals surface area (Å²) in [5.41, 5.74) is 0.368. The highest BCUT2D eigenvalue weighted by Gasteiger charge is 2.18. The van der Waals surface area contributed by atoms with Crippen LogP contribution in [0.2, 0.25) is 0 Å². The Labute approximate surface area is 134 Å². The molecule has 2 aromatic heterocycles. The van der Waals surface area contributed by atoms with Crippen LogP contribution in [0.3, 0.4) is 0 Å². The number of ether oxygens (including phenoxy) is 3. The SMILES string of the molecule is O=C(OCc1nc(-c2cccs2)no1)c1ccc2c(c1)OCO2. The molecule has 4 rings (SSSR count). The fourth-order valence-corrected chi connectivity index (χ4v) is 2.70. The Kier molecular flexibility index (Phi) is 3.43. The third-order valence-electron chi connectivity index (χ3n) is 3.14. The fourth-order valence-electron chi connectivity index (χ4n) is 2.05. The molecule has 0 amide bonds. The first-order valence-corrected chi connectivity index (χ1v) is 7.61. The third-order valence-corrected chi connectivity index (χ3v) is 4.01. The quantitative estimate of drug-likeness (QED) is 0.680. The van der Waals surface area contributed by atoms with Crippen molar-refractivity contribution in [2.75, 3.05) is 6.79 Å². The molecule has 3 heterocycles. The molecule has 0 saturated heterocycles. The summed E-state index contributed by atoms with van der Waals surface area (Å²) in [7, 11) is 0. The van der Waals surface area contributed by atoms with Crippen LogP contribution < -0.4 is 9.47 Å². The smallest absolute Gasteiger partial charge is 0.338 e. The summed E-state index contributed by atoms with van der Waals surface area (Å²) in [6.45, 7) is 0.0625. The van der Waals surface area contributed by atoms with Crippen molar-refractivity contribution < 1.29 is 23.5 Å². The molecule has 0 radical (unpaired) electrons. The van der Waals surface area contributed by atoms with Gasteiger partial charge in [-0.1, -0.05) is 11.2 Å². The van der Waals surface area contributed by atoms with Crippen molar-refractivity contribution in [2.24, 2.45) is 0 Å². The van der Waals surface area contributed by atoms with Crippen LogP contribution in [-0.2, 0) is 11.3 Å². The highest BCUT2D eigenvalue weighted by Crippen LogP contribution is 2.32. The highest BCUT2D eigenvalue weighted by atomic mass is 32.1. The zero-order chi connectivity index (χ0) is 15.6. The number of esters is 1. The van der Waals surface area contributed by atoms with Crippen molar-refractivity contribution in [2.45, 2.75) is 6.61 Å². The number of thiophene rings is 1. The molecule has 3 aromatic rings. The van der Waals surface area contributed by atoms with Crippen molar-refractivity contribution >= 4 is 17.3 Å². The molecule has 0 aliphatic carbocycles. The standard InChI is InChI=1S/C15H10N2O5S/c18-15(9-3-4-10-11(6-9)21-8-20-10)19-7-13-16-14(17-22-13)12-2-1-5-23-12/h1-6H,7-8H2. The summed E-state index contributed by atoms with van der Waals surface area (Å²) >= 11 is 1.50. The van der Waals surface area contributed by atoms with E-state index in [4.69, 9.17) is 18.7 Å². The second kappa shape index (κ2) is 5.73. The van der Waals surface area contributed by atoms with Gasteiger partial charge < -0.3 is 18.7 Å². The van der Waals surface area contributed by atoms with E-state index in [-0.39, 0.29) is 19.3 Å². The number of benzene rings is 1. The van der Waals surface area contributed by atoms with Crippen LogP contribution in [0.15, 0.2) is 40.2 Å². The Morgan fingerprint density at radius 2 is 2.17 bits per heavy atom. The molecule has 0 fully saturated rings. The predicted molar refractivity (Wildman–Crippen MR) is 79.3 cm³/mol. The van der Waals surface area contributed by atoms with Crippen LogP contribution >= 0.6 is 11.3 Å². The van der Waals surface area contributed by atoms with Gasteiger partial charge in [0.15, 0.2) is 18.1 Å². The number of rotatable bonds is 4. The molecule has 0 atom stereocenters. The van der Waals surface area contributed by atoms with Gasteiger partial charge in [0.05, 0.1) is 10.4 Å². The van der Waals surface area contributed by atoms with E-state index in [2.05, 4.69) is 10.1 Å². The number of aromatic nitrogens is 2. The molecule has 0 bridgehead atoms. The Morgan fingerprint density at radius 1 is 1.26 bits per heavy atom. The Hall–Kier alpha value is -2.87. The van der Waals surface area contributed by atoms with Crippen molar-refractivity contribution in [1.82, 2.24) is 10.1 Å². The van der Waals surface area contributed by atoms with E-state index in [1.807, 2.05) is 17.5 Å². The summed E-state index contributed by atoms with van der Waals surface area (Å²) in [5, 5.41) is 5.77. The van der Waals surface area contributed by atoms with Gasteiger partial charge in [0, 0.05) is 0 Å². The molecular formula is C15H10N2O5S. The Bertz CT molecular complexity index is 843. The van der Waals surface area contributed by atoms with E-state index in [0.717, 1.165) is 4.88 Å². The number of carbonyl (C=O) groups excluding carboxylic acids is 1. The lowest BCUT2D eigenvalue weighted by Crippen LogP contribution is -2.05. The summed E-state index contributed by atoms with van der Waals surface area (Å²) in [5.74, 6) is 1.35. The van der Waals surface area contributed by atoms with Crippen molar-refractivity contribution in [3.8, 4) is 22.2 Å². The lowest BCUT2D eigenvalue weighted by atomic mass is 10.2. The van der Waals surface area contributed by atoms with E-state index >= 15 is 0 Å². The van der Waals surface area contributed by atoms with Crippen molar-refractivity contribution in [3.63, 3.8) is 0 Å². The number of carbonyl (C=O) groups is 1. The monoisotopic (exact) mass is 330 g/mol. The lowest BCUT2D eigenvalue weighted by molar-refractivity contribution is 0.0429. The zero-order valence-corrected chi connectivity index (χ0v) is 12.5. The first-order valence-electron chi connectivity index (χ1n) is 6.73. The molecular weight excluding hydrogens is 320 g/mol. The minimum Gasteiger partial charge on any atom is -0.454 e. The van der Waals surface area contributed by atoms with Crippen LogP contribution in [0.1, 0.15) is 16.2 Å². The predicted octanol–water partition coefficient (Wildman–Crippen LogP) is 2.88. The molecule has 0 spiro atoms. The molecule has 7 nitrogen and oxygen atoms in total. The van der Waals surface area contributed by atoms with Crippen molar-refractivity contribution in [3.05, 3.63) is 47.2 Å². The third kappa shape index (κ3) is 2.76. The van der Waals surface area contributed by atoms with Gasteiger partial charge >= 0.3 is 5.97 Å². The summed E-state index contributed by atoms with van der Waals surface area (Å²) in [6.07, 6.45) is 0. The van der Waals surface area contributed by atoms with Gasteiger partial charge in [0.2, 0.25) is 12.6 Å². The minimum absolute atomic E-state index is 0.0916. The first-order chi connectivity index (χ1) is 11.3. The second-order valence-electron chi connectivity index (χ2n) is 4.63. The molecule has 0 saturated carbocycles. The molecule has 8 heteroatoms. The van der Waals surface area contributed by atoms with Gasteiger partial charge in [-0.15, -0.1) is 11.3 Å². The Morgan fingerprint density at radius 3 is 3.04 bits per heavy atom. The average molecular weight is 330 g/mol.